The van der Waals surface area contributed by atoms with E-state index in [0.717, 1.165) is 10.5 Å². The third-order valence-electron chi connectivity index (χ3n) is 7.60. The second-order valence-electron chi connectivity index (χ2n) is 10.9. The van der Waals surface area contributed by atoms with E-state index in [0.29, 0.717) is 6.42 Å². The molecule has 0 aliphatic carbocycles. The molecule has 0 aromatic heterocycles. The standard InChI is InChI=1S/C28H35NO14/c1-14(18(40-16(3)30)15(2)13-17-9-7-6-8-10-17)11-12-26-19(31)20(41-25(38)29(4)5)28(43-26,24(36)37)27(39,23(34)35)21(42-26)22(32)33/h6-10,15,18-21,31,39H,1,11-13H2,2-5H3,(H,32,33)(H,34,35)(H,36,37)/t15?,18?,19-,20-,21-,26-,27-,28-/m1/s1. The normalized spacial score (nSPS) is 30.9. The first-order valence-electron chi connectivity index (χ1n) is 13.2. The first-order chi connectivity index (χ1) is 19.9. The summed E-state index contributed by atoms with van der Waals surface area (Å²) >= 11 is 0. The van der Waals surface area contributed by atoms with Gasteiger partial charge in [-0.15, -0.1) is 0 Å². The number of hydrogen-bond acceptors (Lipinski definition) is 11. The first kappa shape index (κ1) is 33.5. The minimum absolute atomic E-state index is 0.240. The quantitative estimate of drug-likeness (QED) is 0.160. The third-order valence-corrected chi connectivity index (χ3v) is 7.60. The monoisotopic (exact) mass is 609 g/mol. The number of carboxylic acid groups (broad SMARTS) is 3. The van der Waals surface area contributed by atoms with Crippen LogP contribution < -0.4 is 0 Å². The molecule has 2 aliphatic heterocycles. The summed E-state index contributed by atoms with van der Waals surface area (Å²) in [6, 6.07) is 9.25. The minimum atomic E-state index is -3.88. The Morgan fingerprint density at radius 2 is 1.67 bits per heavy atom. The van der Waals surface area contributed by atoms with Gasteiger partial charge in [0.1, 0.15) is 12.2 Å². The van der Waals surface area contributed by atoms with Gasteiger partial charge >= 0.3 is 30.0 Å². The highest BCUT2D eigenvalue weighted by Gasteiger charge is 2.86. The van der Waals surface area contributed by atoms with Crippen molar-refractivity contribution in [1.82, 2.24) is 4.90 Å². The van der Waals surface area contributed by atoms with Gasteiger partial charge in [-0.2, -0.15) is 0 Å². The van der Waals surface area contributed by atoms with Gasteiger partial charge in [0.15, 0.2) is 6.10 Å². The second kappa shape index (κ2) is 12.3. The summed E-state index contributed by atoms with van der Waals surface area (Å²) in [5, 5.41) is 52.6. The molecule has 1 amide bonds. The average Bonchev–Trinajstić information content (AvgIpc) is 3.14. The summed E-state index contributed by atoms with van der Waals surface area (Å²) in [6.45, 7) is 6.96. The number of rotatable bonds is 12. The fourth-order valence-corrected chi connectivity index (χ4v) is 5.51. The van der Waals surface area contributed by atoms with E-state index in [1.54, 1.807) is 6.92 Å². The van der Waals surface area contributed by atoms with Gasteiger partial charge in [0, 0.05) is 33.4 Å². The van der Waals surface area contributed by atoms with Gasteiger partial charge in [-0.3, -0.25) is 4.79 Å². The molecule has 0 saturated carbocycles. The molecule has 43 heavy (non-hydrogen) atoms. The number of aliphatic hydroxyl groups is 2. The number of aliphatic hydroxyl groups excluding tert-OH is 1. The molecule has 2 saturated heterocycles. The van der Waals surface area contributed by atoms with Crippen LogP contribution in [0.25, 0.3) is 0 Å². The molecule has 1 aromatic carbocycles. The highest BCUT2D eigenvalue weighted by molar-refractivity contribution is 5.98. The summed E-state index contributed by atoms with van der Waals surface area (Å²) in [5.74, 6) is -10.3. The summed E-state index contributed by atoms with van der Waals surface area (Å²) in [7, 11) is 2.41. The largest absolute Gasteiger partial charge is 0.479 e. The zero-order valence-corrected chi connectivity index (χ0v) is 24.0. The molecule has 2 aliphatic rings. The maximum absolute atomic E-state index is 12.7. The Balaban J connectivity index is 2.04. The molecule has 1 aromatic rings. The molecule has 8 atom stereocenters. The van der Waals surface area contributed by atoms with Gasteiger partial charge in [0.05, 0.1) is 0 Å². The number of amides is 1. The van der Waals surface area contributed by atoms with Crippen LogP contribution >= 0.6 is 0 Å². The van der Waals surface area contributed by atoms with Crippen LogP contribution in [0.15, 0.2) is 42.5 Å². The van der Waals surface area contributed by atoms with Gasteiger partial charge in [-0.1, -0.05) is 43.8 Å². The Kier molecular flexibility index (Phi) is 9.56. The number of carboxylic acids is 3. The summed E-state index contributed by atoms with van der Waals surface area (Å²) < 4.78 is 21.6. The van der Waals surface area contributed by atoms with Crippen LogP contribution in [0.5, 0.6) is 0 Å². The molecule has 2 fully saturated rings. The Bertz CT molecular complexity index is 1280. The second-order valence-corrected chi connectivity index (χ2v) is 10.9. The van der Waals surface area contributed by atoms with E-state index < -0.39 is 77.8 Å². The van der Waals surface area contributed by atoms with Crippen molar-refractivity contribution >= 4 is 30.0 Å². The van der Waals surface area contributed by atoms with E-state index in [2.05, 4.69) is 6.58 Å². The van der Waals surface area contributed by atoms with E-state index in [1.165, 1.54) is 21.0 Å². The highest BCUT2D eigenvalue weighted by Crippen LogP contribution is 2.56. The minimum Gasteiger partial charge on any atom is -0.479 e. The molecule has 0 radical (unpaired) electrons. The highest BCUT2D eigenvalue weighted by atomic mass is 16.8. The number of hydrogen-bond donors (Lipinski definition) is 5. The number of carbonyl (C=O) groups excluding carboxylic acids is 2. The SMILES string of the molecule is C=C(CC[C@@]12O[C@H](C(=O)O)[C@@](O)(C(=O)O)[C@@](C(=O)O)(O1)[C@H](OC(=O)N(C)C)[C@H]2O)C(OC(C)=O)C(C)Cc1ccccc1. The van der Waals surface area contributed by atoms with Gasteiger partial charge in [-0.05, 0) is 24.0 Å². The van der Waals surface area contributed by atoms with Gasteiger partial charge in [0.2, 0.25) is 17.5 Å². The number of ether oxygens (including phenoxy) is 4. The lowest BCUT2D eigenvalue weighted by Crippen LogP contribution is -2.78. The Labute approximate surface area is 246 Å². The van der Waals surface area contributed by atoms with Crippen molar-refractivity contribution in [3.05, 3.63) is 48.0 Å². The Morgan fingerprint density at radius 3 is 2.16 bits per heavy atom. The average molecular weight is 610 g/mol. The fraction of sp³-hybridized carbons (Fsp3) is 0.536. The predicted octanol–water partition coefficient (Wildman–Crippen LogP) is 0.410. The van der Waals surface area contributed by atoms with Crippen LogP contribution in [-0.4, -0.2) is 116 Å². The van der Waals surface area contributed by atoms with Crippen LogP contribution in [0, 0.1) is 5.92 Å². The zero-order valence-electron chi connectivity index (χ0n) is 24.0. The molecule has 15 nitrogen and oxygen atoms in total. The van der Waals surface area contributed by atoms with Gasteiger partial charge in [0.25, 0.3) is 5.60 Å². The van der Waals surface area contributed by atoms with Crippen LogP contribution in [-0.2, 0) is 44.5 Å². The number of fused-ring (bicyclic) bond motifs is 2. The molecule has 3 rings (SSSR count). The molecule has 2 heterocycles. The van der Waals surface area contributed by atoms with Crippen LogP contribution in [0.1, 0.15) is 32.3 Å². The van der Waals surface area contributed by atoms with Gasteiger partial charge < -0.3 is 49.4 Å². The molecule has 0 spiro atoms. The van der Waals surface area contributed by atoms with Gasteiger partial charge in [-0.25, -0.2) is 19.2 Å². The predicted molar refractivity (Wildman–Crippen MR) is 142 cm³/mol. The summed E-state index contributed by atoms with van der Waals surface area (Å²) in [6.07, 6.45) is -10.1. The lowest BCUT2D eigenvalue weighted by atomic mass is 9.74. The van der Waals surface area contributed by atoms with E-state index in [9.17, 15) is 49.5 Å². The lowest BCUT2D eigenvalue weighted by Gasteiger charge is -2.48. The maximum atomic E-state index is 12.7. The number of nitrogens with zero attached hydrogens (tertiary/aromatic N) is 1. The summed E-state index contributed by atoms with van der Waals surface area (Å²) in [5.41, 5.74) is -6.25. The van der Waals surface area contributed by atoms with Crippen molar-refractivity contribution in [1.29, 1.82) is 0 Å². The Morgan fingerprint density at radius 1 is 1.07 bits per heavy atom. The van der Waals surface area contributed by atoms with E-state index in [-0.39, 0.29) is 17.9 Å². The molecule has 2 unspecified atom stereocenters. The number of benzene rings is 1. The van der Waals surface area contributed by atoms with Crippen LogP contribution in [0.3, 0.4) is 0 Å². The fourth-order valence-electron chi connectivity index (χ4n) is 5.51. The lowest BCUT2D eigenvalue weighted by molar-refractivity contribution is -0.374. The summed E-state index contributed by atoms with van der Waals surface area (Å²) in [4.78, 5) is 62.5. The maximum Gasteiger partial charge on any atom is 0.409 e. The first-order valence-corrected chi connectivity index (χ1v) is 13.2. The molecule has 15 heteroatoms. The van der Waals surface area contributed by atoms with Crippen LogP contribution in [0.4, 0.5) is 4.79 Å². The van der Waals surface area contributed by atoms with Crippen molar-refractivity contribution in [3.8, 4) is 0 Å². The third kappa shape index (κ3) is 5.80. The Hall–Kier alpha value is -4.05. The van der Waals surface area contributed by atoms with E-state index >= 15 is 0 Å². The number of esters is 1. The van der Waals surface area contributed by atoms with Crippen molar-refractivity contribution < 1.29 is 68.5 Å². The molecule has 2 bridgehead atoms. The van der Waals surface area contributed by atoms with Crippen molar-refractivity contribution in [2.45, 2.75) is 74.5 Å². The van der Waals surface area contributed by atoms with E-state index in [4.69, 9.17) is 18.9 Å². The van der Waals surface area contributed by atoms with Crippen LogP contribution in [0.2, 0.25) is 0 Å². The van der Waals surface area contributed by atoms with Crippen molar-refractivity contribution in [2.24, 2.45) is 5.92 Å². The number of aliphatic carboxylic acids is 3. The molecule has 5 N–H and O–H groups in total. The van der Waals surface area contributed by atoms with Crippen molar-refractivity contribution in [3.63, 3.8) is 0 Å². The molecule has 236 valence electrons. The molecular formula is C28H35NO14. The smallest absolute Gasteiger partial charge is 0.409 e. The van der Waals surface area contributed by atoms with E-state index in [1.807, 2.05) is 30.3 Å². The van der Waals surface area contributed by atoms with Crippen molar-refractivity contribution in [2.75, 3.05) is 14.1 Å². The molecular weight excluding hydrogens is 574 g/mol. The topological polar surface area (TPSA) is 227 Å². The number of carbonyl (C=O) groups is 5. The zero-order chi connectivity index (χ0) is 32.5.